The van der Waals surface area contributed by atoms with Gasteiger partial charge in [-0.25, -0.2) is 4.98 Å². The lowest BCUT2D eigenvalue weighted by Gasteiger charge is -2.18. The van der Waals surface area contributed by atoms with Crippen molar-refractivity contribution in [3.63, 3.8) is 0 Å². The first-order valence-electron chi connectivity index (χ1n) is 6.05. The van der Waals surface area contributed by atoms with Gasteiger partial charge in [-0.15, -0.1) is 0 Å². The number of nitrogens with one attached hydrogen (secondary N) is 1. The molecule has 1 atom stereocenters. The van der Waals surface area contributed by atoms with Crippen molar-refractivity contribution in [3.8, 4) is 0 Å². The monoisotopic (exact) mass is 223 g/mol. The Morgan fingerprint density at radius 3 is 2.94 bits per heavy atom. The van der Waals surface area contributed by atoms with Gasteiger partial charge in [0.2, 0.25) is 5.95 Å². The Labute approximate surface area is 97.0 Å². The van der Waals surface area contributed by atoms with Crippen LogP contribution in [0.2, 0.25) is 0 Å². The zero-order valence-electron chi connectivity index (χ0n) is 10.4. The minimum atomic E-state index is 0.382. The Bertz CT molecular complexity index is 344. The highest BCUT2D eigenvalue weighted by Gasteiger charge is 2.24. The minimum absolute atomic E-state index is 0.382. The first-order valence-corrected chi connectivity index (χ1v) is 6.05. The number of aromatic nitrogens is 2. The average Bonchev–Trinajstić information content (AvgIpc) is 2.99. The molecule has 0 saturated heterocycles. The molecule has 0 amide bonds. The van der Waals surface area contributed by atoms with Crippen LogP contribution in [0.1, 0.15) is 37.9 Å². The molecule has 0 bridgehead atoms. The van der Waals surface area contributed by atoms with Gasteiger partial charge in [0.1, 0.15) is 0 Å². The standard InChI is InChI=1S/C12H21N3O/c1-4-11(8-16-3)15-7-9(2)13-12(15)14-10-5-6-10/h7,10-11H,4-6,8H2,1-3H3,(H,13,14). The fourth-order valence-electron chi connectivity index (χ4n) is 1.90. The summed E-state index contributed by atoms with van der Waals surface area (Å²) in [4.78, 5) is 4.54. The van der Waals surface area contributed by atoms with E-state index in [4.69, 9.17) is 4.74 Å². The van der Waals surface area contributed by atoms with Gasteiger partial charge in [-0.3, -0.25) is 0 Å². The summed E-state index contributed by atoms with van der Waals surface area (Å²) >= 11 is 0. The van der Waals surface area contributed by atoms with E-state index in [9.17, 15) is 0 Å². The molecule has 1 aromatic rings. The van der Waals surface area contributed by atoms with Gasteiger partial charge in [0, 0.05) is 19.3 Å². The topological polar surface area (TPSA) is 39.1 Å². The maximum Gasteiger partial charge on any atom is 0.203 e. The van der Waals surface area contributed by atoms with Crippen LogP contribution in [0.3, 0.4) is 0 Å². The van der Waals surface area contributed by atoms with E-state index < -0.39 is 0 Å². The third-order valence-corrected chi connectivity index (χ3v) is 2.99. The van der Waals surface area contributed by atoms with Crippen molar-refractivity contribution in [2.24, 2.45) is 0 Å². The Morgan fingerprint density at radius 1 is 1.62 bits per heavy atom. The van der Waals surface area contributed by atoms with Crippen molar-refractivity contribution >= 4 is 5.95 Å². The summed E-state index contributed by atoms with van der Waals surface area (Å²) in [5.74, 6) is 1.00. The zero-order chi connectivity index (χ0) is 11.5. The van der Waals surface area contributed by atoms with Gasteiger partial charge in [-0.2, -0.15) is 0 Å². The number of hydrogen-bond acceptors (Lipinski definition) is 3. The molecule has 1 fully saturated rings. The second kappa shape index (κ2) is 4.87. The lowest BCUT2D eigenvalue weighted by molar-refractivity contribution is 0.154. The second-order valence-electron chi connectivity index (χ2n) is 4.55. The molecule has 1 aromatic heterocycles. The zero-order valence-corrected chi connectivity index (χ0v) is 10.4. The van der Waals surface area contributed by atoms with Crippen LogP contribution in [0.4, 0.5) is 5.95 Å². The number of anilines is 1. The molecule has 1 aliphatic rings. The van der Waals surface area contributed by atoms with Gasteiger partial charge < -0.3 is 14.6 Å². The summed E-state index contributed by atoms with van der Waals surface area (Å²) in [5.41, 5.74) is 1.07. The Hall–Kier alpha value is -1.03. The molecule has 1 heterocycles. The number of aryl methyl sites for hydroxylation is 1. The summed E-state index contributed by atoms with van der Waals surface area (Å²) in [6.07, 6.45) is 5.71. The predicted octanol–water partition coefficient (Wildman–Crippen LogP) is 2.36. The van der Waals surface area contributed by atoms with Crippen LogP contribution >= 0.6 is 0 Å². The molecule has 1 saturated carbocycles. The van der Waals surface area contributed by atoms with Crippen molar-refractivity contribution < 1.29 is 4.74 Å². The number of rotatable bonds is 6. The number of nitrogens with zero attached hydrogens (tertiary/aromatic N) is 2. The molecule has 0 aromatic carbocycles. The highest BCUT2D eigenvalue weighted by molar-refractivity contribution is 5.32. The maximum atomic E-state index is 5.26. The van der Waals surface area contributed by atoms with Crippen LogP contribution in [0, 0.1) is 6.92 Å². The van der Waals surface area contributed by atoms with Crippen LogP contribution in [-0.4, -0.2) is 29.3 Å². The van der Waals surface area contributed by atoms with Crippen LogP contribution in [0.15, 0.2) is 6.20 Å². The molecule has 1 aliphatic carbocycles. The Balaban J connectivity index is 2.15. The highest BCUT2D eigenvalue weighted by Crippen LogP contribution is 2.26. The number of ether oxygens (including phenoxy) is 1. The average molecular weight is 223 g/mol. The van der Waals surface area contributed by atoms with E-state index >= 15 is 0 Å². The molecule has 4 nitrogen and oxygen atoms in total. The quantitative estimate of drug-likeness (QED) is 0.804. The summed E-state index contributed by atoms with van der Waals surface area (Å²) in [7, 11) is 1.75. The summed E-state index contributed by atoms with van der Waals surface area (Å²) in [6, 6.07) is 1.02. The maximum absolute atomic E-state index is 5.26. The van der Waals surface area contributed by atoms with Crippen LogP contribution in [-0.2, 0) is 4.74 Å². The van der Waals surface area contributed by atoms with Gasteiger partial charge in [-0.1, -0.05) is 6.92 Å². The Kier molecular flexibility index (Phi) is 3.49. The number of imidazole rings is 1. The van der Waals surface area contributed by atoms with Crippen LogP contribution in [0.25, 0.3) is 0 Å². The van der Waals surface area contributed by atoms with Crippen molar-refractivity contribution in [1.29, 1.82) is 0 Å². The van der Waals surface area contributed by atoms with Gasteiger partial charge in [0.25, 0.3) is 0 Å². The fraction of sp³-hybridized carbons (Fsp3) is 0.750. The fourth-order valence-corrected chi connectivity index (χ4v) is 1.90. The molecule has 4 heteroatoms. The lowest BCUT2D eigenvalue weighted by atomic mass is 10.2. The minimum Gasteiger partial charge on any atom is -0.383 e. The normalized spacial score (nSPS) is 17.4. The van der Waals surface area contributed by atoms with E-state index in [0.29, 0.717) is 12.1 Å². The molecule has 1 N–H and O–H groups in total. The predicted molar refractivity (Wildman–Crippen MR) is 64.8 cm³/mol. The lowest BCUT2D eigenvalue weighted by Crippen LogP contribution is -2.17. The van der Waals surface area contributed by atoms with E-state index in [0.717, 1.165) is 24.7 Å². The SMILES string of the molecule is CCC(COC)n1cc(C)nc1NC1CC1. The van der Waals surface area contributed by atoms with Crippen LogP contribution in [0.5, 0.6) is 0 Å². The molecule has 1 unspecified atom stereocenters. The van der Waals surface area contributed by atoms with E-state index in [1.807, 2.05) is 6.92 Å². The summed E-state index contributed by atoms with van der Waals surface area (Å²) < 4.78 is 7.48. The molecule has 2 rings (SSSR count). The van der Waals surface area contributed by atoms with Gasteiger partial charge >= 0.3 is 0 Å². The third-order valence-electron chi connectivity index (χ3n) is 2.99. The van der Waals surface area contributed by atoms with E-state index in [2.05, 4.69) is 28.0 Å². The number of hydrogen-bond donors (Lipinski definition) is 1. The number of methoxy groups -OCH3 is 1. The van der Waals surface area contributed by atoms with E-state index in [-0.39, 0.29) is 0 Å². The molecule has 0 spiro atoms. The van der Waals surface area contributed by atoms with Gasteiger partial charge in [-0.05, 0) is 26.2 Å². The van der Waals surface area contributed by atoms with Crippen LogP contribution < -0.4 is 5.32 Å². The molecule has 0 aliphatic heterocycles. The Morgan fingerprint density at radius 2 is 2.38 bits per heavy atom. The molecule has 16 heavy (non-hydrogen) atoms. The van der Waals surface area contributed by atoms with Crippen molar-refractivity contribution in [2.45, 2.75) is 45.2 Å². The summed E-state index contributed by atoms with van der Waals surface area (Å²) in [6.45, 7) is 4.96. The smallest absolute Gasteiger partial charge is 0.203 e. The molecular weight excluding hydrogens is 202 g/mol. The summed E-state index contributed by atoms with van der Waals surface area (Å²) in [5, 5.41) is 3.47. The molecule has 90 valence electrons. The first-order chi connectivity index (χ1) is 7.74. The van der Waals surface area contributed by atoms with Crippen molar-refractivity contribution in [1.82, 2.24) is 9.55 Å². The van der Waals surface area contributed by atoms with Gasteiger partial charge in [0.15, 0.2) is 0 Å². The highest BCUT2D eigenvalue weighted by atomic mass is 16.5. The van der Waals surface area contributed by atoms with Gasteiger partial charge in [0.05, 0.1) is 18.3 Å². The largest absolute Gasteiger partial charge is 0.383 e. The van der Waals surface area contributed by atoms with Crippen molar-refractivity contribution in [2.75, 3.05) is 19.0 Å². The third kappa shape index (κ3) is 2.55. The molecular formula is C12H21N3O. The van der Waals surface area contributed by atoms with E-state index in [1.54, 1.807) is 7.11 Å². The van der Waals surface area contributed by atoms with E-state index in [1.165, 1.54) is 12.8 Å². The molecule has 0 radical (unpaired) electrons. The first kappa shape index (κ1) is 11.5. The van der Waals surface area contributed by atoms with Crippen molar-refractivity contribution in [3.05, 3.63) is 11.9 Å². The second-order valence-corrected chi connectivity index (χ2v) is 4.55.